The zero-order valence-electron chi connectivity index (χ0n) is 8.43. The van der Waals surface area contributed by atoms with Crippen molar-refractivity contribution < 1.29 is 5.11 Å². The molecule has 0 spiro atoms. The van der Waals surface area contributed by atoms with Crippen LogP contribution < -0.4 is 5.32 Å². The molecule has 1 saturated carbocycles. The summed E-state index contributed by atoms with van der Waals surface area (Å²) in [7, 11) is 0. The van der Waals surface area contributed by atoms with E-state index in [1.54, 1.807) is 0 Å². The zero-order valence-corrected chi connectivity index (χ0v) is 8.43. The van der Waals surface area contributed by atoms with Crippen LogP contribution in [0.3, 0.4) is 0 Å². The summed E-state index contributed by atoms with van der Waals surface area (Å²) >= 11 is 0. The van der Waals surface area contributed by atoms with Crippen LogP contribution in [0.25, 0.3) is 0 Å². The second kappa shape index (κ2) is 3.75. The number of aliphatic hydroxyl groups is 1. The van der Waals surface area contributed by atoms with Crippen molar-refractivity contribution in [2.75, 3.05) is 6.61 Å². The van der Waals surface area contributed by atoms with Crippen LogP contribution in [-0.4, -0.2) is 23.3 Å². The van der Waals surface area contributed by atoms with Gasteiger partial charge in [-0.05, 0) is 32.1 Å². The largest absolute Gasteiger partial charge is 0.394 e. The molecule has 1 unspecified atom stereocenters. The topological polar surface area (TPSA) is 32.3 Å². The van der Waals surface area contributed by atoms with Gasteiger partial charge in [0.2, 0.25) is 0 Å². The SMILES string of the molecule is CC(C)CC(C)(CO)NC1CC1. The van der Waals surface area contributed by atoms with Crippen molar-refractivity contribution in [1.82, 2.24) is 5.32 Å². The Labute approximate surface area is 75.4 Å². The van der Waals surface area contributed by atoms with Crippen molar-refractivity contribution in [3.8, 4) is 0 Å². The Balaban J connectivity index is 2.36. The minimum atomic E-state index is -0.0463. The molecule has 12 heavy (non-hydrogen) atoms. The fourth-order valence-corrected chi connectivity index (χ4v) is 1.79. The molecule has 1 rings (SSSR count). The molecule has 1 fully saturated rings. The summed E-state index contributed by atoms with van der Waals surface area (Å²) < 4.78 is 0. The number of hydrogen-bond acceptors (Lipinski definition) is 2. The van der Waals surface area contributed by atoms with E-state index in [0.717, 1.165) is 6.42 Å². The van der Waals surface area contributed by atoms with Crippen LogP contribution in [0, 0.1) is 5.92 Å². The van der Waals surface area contributed by atoms with E-state index in [-0.39, 0.29) is 12.1 Å². The molecule has 1 atom stereocenters. The summed E-state index contributed by atoms with van der Waals surface area (Å²) in [6.07, 6.45) is 3.63. The molecule has 72 valence electrons. The van der Waals surface area contributed by atoms with E-state index < -0.39 is 0 Å². The molecule has 0 aromatic carbocycles. The highest BCUT2D eigenvalue weighted by Crippen LogP contribution is 2.25. The van der Waals surface area contributed by atoms with Gasteiger partial charge in [0.1, 0.15) is 0 Å². The monoisotopic (exact) mass is 171 g/mol. The van der Waals surface area contributed by atoms with Crippen molar-refractivity contribution >= 4 is 0 Å². The Hall–Kier alpha value is -0.0800. The van der Waals surface area contributed by atoms with Crippen LogP contribution in [0.4, 0.5) is 0 Å². The fourth-order valence-electron chi connectivity index (χ4n) is 1.79. The lowest BCUT2D eigenvalue weighted by Crippen LogP contribution is -2.47. The van der Waals surface area contributed by atoms with Crippen LogP contribution in [0.15, 0.2) is 0 Å². The molecule has 0 aromatic heterocycles. The van der Waals surface area contributed by atoms with Gasteiger partial charge >= 0.3 is 0 Å². The van der Waals surface area contributed by atoms with Crippen LogP contribution >= 0.6 is 0 Å². The van der Waals surface area contributed by atoms with E-state index in [0.29, 0.717) is 12.0 Å². The predicted octanol–water partition coefficient (Wildman–Crippen LogP) is 1.54. The lowest BCUT2D eigenvalue weighted by molar-refractivity contribution is 0.151. The van der Waals surface area contributed by atoms with E-state index in [1.807, 2.05) is 0 Å². The molecule has 0 radical (unpaired) electrons. The maximum Gasteiger partial charge on any atom is 0.0610 e. The van der Waals surface area contributed by atoms with Gasteiger partial charge in [-0.15, -0.1) is 0 Å². The van der Waals surface area contributed by atoms with Gasteiger partial charge in [0.25, 0.3) is 0 Å². The van der Waals surface area contributed by atoms with Gasteiger partial charge in [0, 0.05) is 11.6 Å². The Morgan fingerprint density at radius 1 is 1.50 bits per heavy atom. The third kappa shape index (κ3) is 3.11. The third-order valence-electron chi connectivity index (χ3n) is 2.34. The predicted molar refractivity (Wildman–Crippen MR) is 51.1 cm³/mol. The fraction of sp³-hybridized carbons (Fsp3) is 1.00. The van der Waals surface area contributed by atoms with Crippen molar-refractivity contribution in [2.45, 2.75) is 51.6 Å². The standard InChI is InChI=1S/C10H21NO/c1-8(2)6-10(3,7-12)11-9-4-5-9/h8-9,11-12H,4-7H2,1-3H3. The second-order valence-corrected chi connectivity index (χ2v) is 4.74. The molecule has 0 heterocycles. The summed E-state index contributed by atoms with van der Waals surface area (Å²) in [6, 6.07) is 0.681. The number of aliphatic hydroxyl groups excluding tert-OH is 1. The van der Waals surface area contributed by atoms with Crippen molar-refractivity contribution in [2.24, 2.45) is 5.92 Å². The quantitative estimate of drug-likeness (QED) is 0.657. The van der Waals surface area contributed by atoms with Crippen LogP contribution in [0.5, 0.6) is 0 Å². The molecule has 2 nitrogen and oxygen atoms in total. The minimum Gasteiger partial charge on any atom is -0.394 e. The third-order valence-corrected chi connectivity index (χ3v) is 2.34. The van der Waals surface area contributed by atoms with Crippen LogP contribution in [-0.2, 0) is 0 Å². The first-order valence-electron chi connectivity index (χ1n) is 4.94. The van der Waals surface area contributed by atoms with Gasteiger partial charge in [-0.2, -0.15) is 0 Å². The molecule has 2 N–H and O–H groups in total. The van der Waals surface area contributed by atoms with Gasteiger partial charge in [-0.25, -0.2) is 0 Å². The Bertz CT molecular complexity index is 137. The van der Waals surface area contributed by atoms with Gasteiger partial charge in [0.05, 0.1) is 6.61 Å². The van der Waals surface area contributed by atoms with Crippen LogP contribution in [0.2, 0.25) is 0 Å². The Morgan fingerprint density at radius 3 is 2.42 bits per heavy atom. The van der Waals surface area contributed by atoms with E-state index >= 15 is 0 Å². The lowest BCUT2D eigenvalue weighted by atomic mass is 9.91. The maximum atomic E-state index is 9.25. The van der Waals surface area contributed by atoms with E-state index in [2.05, 4.69) is 26.1 Å². The van der Waals surface area contributed by atoms with Crippen molar-refractivity contribution in [3.63, 3.8) is 0 Å². The average molecular weight is 171 g/mol. The summed E-state index contributed by atoms with van der Waals surface area (Å²) in [6.45, 7) is 6.76. The first-order valence-corrected chi connectivity index (χ1v) is 4.94. The highest BCUT2D eigenvalue weighted by molar-refractivity contribution is 4.92. The summed E-state index contributed by atoms with van der Waals surface area (Å²) in [5.41, 5.74) is -0.0463. The lowest BCUT2D eigenvalue weighted by Gasteiger charge is -2.30. The Kier molecular flexibility index (Phi) is 3.13. The van der Waals surface area contributed by atoms with E-state index in [4.69, 9.17) is 0 Å². The van der Waals surface area contributed by atoms with Gasteiger partial charge in [-0.3, -0.25) is 0 Å². The molecule has 0 aromatic rings. The summed E-state index contributed by atoms with van der Waals surface area (Å²) in [5, 5.41) is 12.7. The minimum absolute atomic E-state index is 0.0463. The highest BCUT2D eigenvalue weighted by Gasteiger charge is 2.32. The Morgan fingerprint density at radius 2 is 2.08 bits per heavy atom. The molecule has 0 aliphatic heterocycles. The van der Waals surface area contributed by atoms with Crippen molar-refractivity contribution in [3.05, 3.63) is 0 Å². The molecular formula is C10H21NO. The van der Waals surface area contributed by atoms with E-state index in [9.17, 15) is 5.11 Å². The van der Waals surface area contributed by atoms with Crippen molar-refractivity contribution in [1.29, 1.82) is 0 Å². The number of rotatable bonds is 5. The van der Waals surface area contributed by atoms with Gasteiger partial charge in [-0.1, -0.05) is 13.8 Å². The zero-order chi connectivity index (χ0) is 9.19. The summed E-state index contributed by atoms with van der Waals surface area (Å²) in [4.78, 5) is 0. The molecule has 1 aliphatic rings. The normalized spacial score (nSPS) is 22.8. The second-order valence-electron chi connectivity index (χ2n) is 4.74. The molecule has 0 amide bonds. The number of hydrogen-bond donors (Lipinski definition) is 2. The molecule has 0 bridgehead atoms. The molecule has 1 aliphatic carbocycles. The smallest absolute Gasteiger partial charge is 0.0610 e. The maximum absolute atomic E-state index is 9.25. The number of nitrogens with one attached hydrogen (secondary N) is 1. The first-order chi connectivity index (χ1) is 5.56. The highest BCUT2D eigenvalue weighted by atomic mass is 16.3. The van der Waals surface area contributed by atoms with Gasteiger partial charge < -0.3 is 10.4 Å². The first kappa shape index (κ1) is 10.0. The van der Waals surface area contributed by atoms with Crippen LogP contribution in [0.1, 0.15) is 40.0 Å². The molecule has 2 heteroatoms. The average Bonchev–Trinajstić information content (AvgIpc) is 2.70. The van der Waals surface area contributed by atoms with Gasteiger partial charge in [0.15, 0.2) is 0 Å². The molecular weight excluding hydrogens is 150 g/mol. The van der Waals surface area contributed by atoms with E-state index in [1.165, 1.54) is 12.8 Å². The molecule has 0 saturated heterocycles. The summed E-state index contributed by atoms with van der Waals surface area (Å²) in [5.74, 6) is 0.647.